The largest absolute Gasteiger partial charge is 0.319 e. The number of carbonyl (C=O) groups is 1. The SMILES string of the molecule is Cn1cc(NC(=O)c2cc3c(F)cccc3s2)cn1. The molecule has 0 unspecified atom stereocenters. The Balaban J connectivity index is 1.91. The molecule has 6 heteroatoms. The van der Waals surface area contributed by atoms with Crippen LogP contribution in [0.1, 0.15) is 9.67 Å². The van der Waals surface area contributed by atoms with Crippen LogP contribution in [0.5, 0.6) is 0 Å². The van der Waals surface area contributed by atoms with Crippen molar-refractivity contribution in [2.24, 2.45) is 7.05 Å². The van der Waals surface area contributed by atoms with E-state index in [1.54, 1.807) is 42.3 Å². The fraction of sp³-hybridized carbons (Fsp3) is 0.0769. The number of halogens is 1. The van der Waals surface area contributed by atoms with E-state index in [4.69, 9.17) is 0 Å². The summed E-state index contributed by atoms with van der Waals surface area (Å²) >= 11 is 1.27. The van der Waals surface area contributed by atoms with Gasteiger partial charge < -0.3 is 5.32 Å². The van der Waals surface area contributed by atoms with E-state index in [1.165, 1.54) is 17.4 Å². The van der Waals surface area contributed by atoms with Gasteiger partial charge in [0.15, 0.2) is 0 Å². The zero-order valence-corrected chi connectivity index (χ0v) is 10.9. The molecule has 0 saturated heterocycles. The number of benzene rings is 1. The molecule has 1 N–H and O–H groups in total. The number of rotatable bonds is 2. The van der Waals surface area contributed by atoms with Crippen molar-refractivity contribution in [2.45, 2.75) is 0 Å². The average molecular weight is 275 g/mol. The Morgan fingerprint density at radius 1 is 1.47 bits per heavy atom. The van der Waals surface area contributed by atoms with Crippen LogP contribution in [0.25, 0.3) is 10.1 Å². The molecule has 0 aliphatic carbocycles. The topological polar surface area (TPSA) is 46.9 Å². The molecule has 3 rings (SSSR count). The molecule has 1 amide bonds. The predicted molar refractivity (Wildman–Crippen MR) is 72.9 cm³/mol. The Bertz CT molecular complexity index is 762. The van der Waals surface area contributed by atoms with Crippen molar-refractivity contribution >= 4 is 33.0 Å². The molecule has 96 valence electrons. The van der Waals surface area contributed by atoms with E-state index in [1.807, 2.05) is 0 Å². The van der Waals surface area contributed by atoms with Gasteiger partial charge in [-0.1, -0.05) is 6.07 Å². The first-order valence-electron chi connectivity index (χ1n) is 5.61. The van der Waals surface area contributed by atoms with Gasteiger partial charge in [-0.3, -0.25) is 9.48 Å². The summed E-state index contributed by atoms with van der Waals surface area (Å²) in [7, 11) is 1.77. The Labute approximate surface area is 112 Å². The van der Waals surface area contributed by atoms with Crippen LogP contribution in [-0.2, 0) is 7.05 Å². The maximum Gasteiger partial charge on any atom is 0.265 e. The van der Waals surface area contributed by atoms with Gasteiger partial charge in [0.1, 0.15) is 5.82 Å². The first-order valence-corrected chi connectivity index (χ1v) is 6.43. The molecular formula is C13H10FN3OS. The molecule has 1 aromatic carbocycles. The van der Waals surface area contributed by atoms with Crippen molar-refractivity contribution in [3.63, 3.8) is 0 Å². The molecular weight excluding hydrogens is 265 g/mol. The second-order valence-corrected chi connectivity index (χ2v) is 5.20. The Morgan fingerprint density at radius 3 is 3.00 bits per heavy atom. The molecule has 0 aliphatic rings. The monoisotopic (exact) mass is 275 g/mol. The van der Waals surface area contributed by atoms with Crippen LogP contribution in [0, 0.1) is 5.82 Å². The summed E-state index contributed by atoms with van der Waals surface area (Å²) < 4.78 is 15.9. The molecule has 3 aromatic rings. The van der Waals surface area contributed by atoms with Crippen LogP contribution in [0.3, 0.4) is 0 Å². The van der Waals surface area contributed by atoms with Crippen LogP contribution in [0.2, 0.25) is 0 Å². The maximum atomic E-state index is 13.6. The van der Waals surface area contributed by atoms with Gasteiger partial charge in [-0.05, 0) is 18.2 Å². The summed E-state index contributed by atoms with van der Waals surface area (Å²) in [5.74, 6) is -0.567. The molecule has 0 aliphatic heterocycles. The minimum absolute atomic E-state index is 0.256. The minimum atomic E-state index is -0.311. The van der Waals surface area contributed by atoms with Gasteiger partial charge in [0.25, 0.3) is 5.91 Å². The van der Waals surface area contributed by atoms with E-state index < -0.39 is 0 Å². The number of nitrogens with zero attached hydrogens (tertiary/aromatic N) is 2. The molecule has 0 fully saturated rings. The third kappa shape index (κ3) is 2.22. The van der Waals surface area contributed by atoms with Gasteiger partial charge >= 0.3 is 0 Å². The summed E-state index contributed by atoms with van der Waals surface area (Å²) in [6.45, 7) is 0. The number of anilines is 1. The highest BCUT2D eigenvalue weighted by molar-refractivity contribution is 7.20. The van der Waals surface area contributed by atoms with Crippen LogP contribution < -0.4 is 5.32 Å². The molecule has 19 heavy (non-hydrogen) atoms. The van der Waals surface area contributed by atoms with E-state index in [2.05, 4.69) is 10.4 Å². The van der Waals surface area contributed by atoms with Crippen molar-refractivity contribution in [1.29, 1.82) is 0 Å². The summed E-state index contributed by atoms with van der Waals surface area (Å²) in [6.07, 6.45) is 3.26. The summed E-state index contributed by atoms with van der Waals surface area (Å²) in [5, 5.41) is 7.17. The van der Waals surface area contributed by atoms with Crippen molar-refractivity contribution in [1.82, 2.24) is 9.78 Å². The zero-order valence-electron chi connectivity index (χ0n) is 10.1. The smallest absolute Gasteiger partial charge is 0.265 e. The predicted octanol–water partition coefficient (Wildman–Crippen LogP) is 3.03. The summed E-state index contributed by atoms with van der Waals surface area (Å²) in [4.78, 5) is 12.5. The number of fused-ring (bicyclic) bond motifs is 1. The second-order valence-electron chi connectivity index (χ2n) is 4.12. The first-order chi connectivity index (χ1) is 9.13. The standard InChI is InChI=1S/C13H10FN3OS/c1-17-7-8(6-15-17)16-13(18)12-5-9-10(14)3-2-4-11(9)19-12/h2-7H,1H3,(H,16,18). The molecule has 4 nitrogen and oxygen atoms in total. The number of aromatic nitrogens is 2. The lowest BCUT2D eigenvalue weighted by Crippen LogP contribution is -2.09. The molecule has 0 atom stereocenters. The average Bonchev–Trinajstić information content (AvgIpc) is 2.96. The van der Waals surface area contributed by atoms with Gasteiger partial charge in [-0.25, -0.2) is 4.39 Å². The molecule has 0 saturated carbocycles. The highest BCUT2D eigenvalue weighted by Crippen LogP contribution is 2.28. The van der Waals surface area contributed by atoms with Crippen molar-refractivity contribution < 1.29 is 9.18 Å². The van der Waals surface area contributed by atoms with E-state index in [0.717, 1.165) is 4.70 Å². The van der Waals surface area contributed by atoms with Gasteiger partial charge in [-0.15, -0.1) is 11.3 Å². The molecule has 2 aromatic heterocycles. The van der Waals surface area contributed by atoms with Crippen LogP contribution in [0.15, 0.2) is 36.7 Å². The molecule has 0 spiro atoms. The molecule has 0 radical (unpaired) electrons. The lowest BCUT2D eigenvalue weighted by atomic mass is 10.2. The lowest BCUT2D eigenvalue weighted by molar-refractivity contribution is 0.103. The second kappa shape index (κ2) is 4.47. The van der Waals surface area contributed by atoms with Gasteiger partial charge in [-0.2, -0.15) is 5.10 Å². The highest BCUT2D eigenvalue weighted by Gasteiger charge is 2.13. The first kappa shape index (κ1) is 11.9. The number of amides is 1. The Kier molecular flexibility index (Phi) is 2.79. The lowest BCUT2D eigenvalue weighted by Gasteiger charge is -1.97. The van der Waals surface area contributed by atoms with E-state index in [9.17, 15) is 9.18 Å². The van der Waals surface area contributed by atoms with Crippen molar-refractivity contribution in [3.8, 4) is 0 Å². The van der Waals surface area contributed by atoms with Crippen LogP contribution in [-0.4, -0.2) is 15.7 Å². The van der Waals surface area contributed by atoms with E-state index in [-0.39, 0.29) is 11.7 Å². The minimum Gasteiger partial charge on any atom is -0.319 e. The third-order valence-corrected chi connectivity index (χ3v) is 3.79. The van der Waals surface area contributed by atoms with Crippen molar-refractivity contribution in [3.05, 3.63) is 47.4 Å². The quantitative estimate of drug-likeness (QED) is 0.781. The van der Waals surface area contributed by atoms with E-state index >= 15 is 0 Å². The number of hydrogen-bond acceptors (Lipinski definition) is 3. The third-order valence-electron chi connectivity index (χ3n) is 2.69. The maximum absolute atomic E-state index is 13.6. The van der Waals surface area contributed by atoms with Crippen molar-refractivity contribution in [2.75, 3.05) is 5.32 Å². The Morgan fingerprint density at radius 2 is 2.32 bits per heavy atom. The number of hydrogen-bond donors (Lipinski definition) is 1. The van der Waals surface area contributed by atoms with Gasteiger partial charge in [0.2, 0.25) is 0 Å². The van der Waals surface area contributed by atoms with E-state index in [0.29, 0.717) is 16.0 Å². The summed E-state index contributed by atoms with van der Waals surface area (Å²) in [5.41, 5.74) is 0.616. The van der Waals surface area contributed by atoms with Crippen LogP contribution >= 0.6 is 11.3 Å². The zero-order chi connectivity index (χ0) is 13.4. The van der Waals surface area contributed by atoms with Gasteiger partial charge in [0, 0.05) is 23.3 Å². The van der Waals surface area contributed by atoms with Gasteiger partial charge in [0.05, 0.1) is 16.8 Å². The summed E-state index contributed by atoms with van der Waals surface area (Å²) in [6, 6.07) is 6.39. The highest BCUT2D eigenvalue weighted by atomic mass is 32.1. The fourth-order valence-corrected chi connectivity index (χ4v) is 2.79. The molecule has 2 heterocycles. The fourth-order valence-electron chi connectivity index (χ4n) is 1.82. The Hall–Kier alpha value is -2.21. The normalized spacial score (nSPS) is 10.8. The number of aryl methyl sites for hydroxylation is 1. The number of carbonyl (C=O) groups excluding carboxylic acids is 1. The molecule has 0 bridgehead atoms. The number of nitrogens with one attached hydrogen (secondary N) is 1. The number of thiophene rings is 1. The van der Waals surface area contributed by atoms with Crippen LogP contribution in [0.4, 0.5) is 10.1 Å².